The first-order valence-electron chi connectivity index (χ1n) is 13.2. The molecule has 2 aliphatic heterocycles. The molecule has 11 heteroatoms. The predicted octanol–water partition coefficient (Wildman–Crippen LogP) is 6.21. The molecule has 2 aromatic rings. The average Bonchev–Trinajstić information content (AvgIpc) is 2.89. The molecular weight excluding hydrogens is 527 g/mol. The van der Waals surface area contributed by atoms with Crippen LogP contribution < -0.4 is 5.32 Å². The number of rotatable bonds is 7. The van der Waals surface area contributed by atoms with Crippen LogP contribution in [0.4, 0.5) is 30.7 Å². The Bertz CT molecular complexity index is 1070. The Balaban J connectivity index is 1.44. The van der Waals surface area contributed by atoms with Gasteiger partial charge in [-0.1, -0.05) is 18.6 Å². The first kappa shape index (κ1) is 29.3. The number of carbonyl (C=O) groups excluding carboxylic acids is 1. The van der Waals surface area contributed by atoms with E-state index in [2.05, 4.69) is 15.1 Å². The lowest BCUT2D eigenvalue weighted by molar-refractivity contribution is -0.143. The highest BCUT2D eigenvalue weighted by Crippen LogP contribution is 2.36. The van der Waals surface area contributed by atoms with Crippen molar-refractivity contribution in [2.45, 2.75) is 63.0 Å². The van der Waals surface area contributed by atoms with Crippen LogP contribution in [0, 0.1) is 5.82 Å². The van der Waals surface area contributed by atoms with E-state index >= 15 is 0 Å². The SMILES string of the molecule is O=C(Cc1cc(C(F)(F)F)cc(C(F)(F)F)c1)NCC(c1ccc(F)cc1)N1CCC(N2CCCCC2)CC1. The lowest BCUT2D eigenvalue weighted by Gasteiger charge is -2.42. The van der Waals surface area contributed by atoms with Gasteiger partial charge in [0.1, 0.15) is 5.82 Å². The molecule has 0 aliphatic carbocycles. The lowest BCUT2D eigenvalue weighted by atomic mass is 9.96. The molecule has 2 aromatic carbocycles. The minimum Gasteiger partial charge on any atom is -0.354 e. The number of nitrogens with zero attached hydrogens (tertiary/aromatic N) is 2. The third kappa shape index (κ3) is 7.94. The summed E-state index contributed by atoms with van der Waals surface area (Å²) >= 11 is 0. The van der Waals surface area contributed by atoms with Crippen molar-refractivity contribution in [1.82, 2.24) is 15.1 Å². The quantitative estimate of drug-likeness (QED) is 0.410. The van der Waals surface area contributed by atoms with E-state index in [1.165, 1.54) is 31.4 Å². The maximum Gasteiger partial charge on any atom is 0.416 e. The van der Waals surface area contributed by atoms with Crippen LogP contribution in [0.3, 0.4) is 0 Å². The van der Waals surface area contributed by atoms with Gasteiger partial charge in [-0.3, -0.25) is 9.69 Å². The minimum atomic E-state index is -4.99. The predicted molar refractivity (Wildman–Crippen MR) is 132 cm³/mol. The molecule has 214 valence electrons. The molecule has 1 unspecified atom stereocenters. The fraction of sp³-hybridized carbons (Fsp3) is 0.536. The van der Waals surface area contributed by atoms with E-state index < -0.39 is 41.6 Å². The summed E-state index contributed by atoms with van der Waals surface area (Å²) in [7, 11) is 0. The van der Waals surface area contributed by atoms with Crippen LogP contribution in [-0.4, -0.2) is 54.5 Å². The number of likely N-dealkylation sites (tertiary alicyclic amines) is 2. The monoisotopic (exact) mass is 559 g/mol. The van der Waals surface area contributed by atoms with E-state index in [0.717, 1.165) is 44.6 Å². The van der Waals surface area contributed by atoms with Crippen molar-refractivity contribution in [1.29, 1.82) is 0 Å². The van der Waals surface area contributed by atoms with Gasteiger partial charge in [-0.25, -0.2) is 4.39 Å². The molecule has 39 heavy (non-hydrogen) atoms. The summed E-state index contributed by atoms with van der Waals surface area (Å²) < 4.78 is 92.7. The topological polar surface area (TPSA) is 35.6 Å². The van der Waals surface area contributed by atoms with Crippen molar-refractivity contribution in [2.75, 3.05) is 32.7 Å². The van der Waals surface area contributed by atoms with Gasteiger partial charge in [0.15, 0.2) is 0 Å². The Kier molecular flexibility index (Phi) is 9.21. The van der Waals surface area contributed by atoms with Crippen molar-refractivity contribution in [3.63, 3.8) is 0 Å². The number of piperidine rings is 2. The van der Waals surface area contributed by atoms with Gasteiger partial charge in [-0.15, -0.1) is 0 Å². The fourth-order valence-electron chi connectivity index (χ4n) is 5.57. The van der Waals surface area contributed by atoms with Crippen LogP contribution in [0.25, 0.3) is 0 Å². The number of hydrogen-bond donors (Lipinski definition) is 1. The number of benzene rings is 2. The number of nitrogens with one attached hydrogen (secondary N) is 1. The Morgan fingerprint density at radius 2 is 1.41 bits per heavy atom. The second-order valence-corrected chi connectivity index (χ2v) is 10.3. The molecule has 0 aromatic heterocycles. The van der Waals surface area contributed by atoms with Crippen molar-refractivity contribution >= 4 is 5.91 Å². The van der Waals surface area contributed by atoms with Crippen LogP contribution in [-0.2, 0) is 23.6 Å². The zero-order valence-corrected chi connectivity index (χ0v) is 21.4. The lowest BCUT2D eigenvalue weighted by Crippen LogP contribution is -2.49. The van der Waals surface area contributed by atoms with Gasteiger partial charge in [-0.2, -0.15) is 26.3 Å². The molecule has 4 rings (SSSR count). The van der Waals surface area contributed by atoms with Crippen LogP contribution in [0.1, 0.15) is 60.4 Å². The molecule has 0 spiro atoms. The molecule has 0 saturated carbocycles. The molecular formula is C28H32F7N3O. The Hall–Kier alpha value is -2.66. The minimum absolute atomic E-state index is 0.0412. The molecule has 2 aliphatic rings. The standard InChI is InChI=1S/C28H32F7N3O/c29-23-6-4-20(5-7-23)25(38-12-8-24(9-13-38)37-10-2-1-3-11-37)18-36-26(39)16-19-14-21(27(30,31)32)17-22(15-19)28(33,34)35/h4-7,14-15,17,24-25H,1-3,8-13,16,18H2,(H,36,39). The van der Waals surface area contributed by atoms with Gasteiger partial charge in [-0.05, 0) is 80.2 Å². The number of halogens is 7. The van der Waals surface area contributed by atoms with Crippen molar-refractivity contribution in [2.24, 2.45) is 0 Å². The third-order valence-corrected chi connectivity index (χ3v) is 7.61. The Morgan fingerprint density at radius 1 is 0.846 bits per heavy atom. The van der Waals surface area contributed by atoms with Gasteiger partial charge in [0.2, 0.25) is 5.91 Å². The van der Waals surface area contributed by atoms with Crippen molar-refractivity contribution in [3.05, 3.63) is 70.5 Å². The maximum atomic E-state index is 13.6. The highest BCUT2D eigenvalue weighted by Gasteiger charge is 2.37. The highest BCUT2D eigenvalue weighted by molar-refractivity contribution is 5.78. The molecule has 2 fully saturated rings. The fourth-order valence-corrected chi connectivity index (χ4v) is 5.57. The third-order valence-electron chi connectivity index (χ3n) is 7.61. The molecule has 1 atom stereocenters. The zero-order chi connectivity index (χ0) is 28.2. The first-order valence-corrected chi connectivity index (χ1v) is 13.2. The van der Waals surface area contributed by atoms with Gasteiger partial charge < -0.3 is 10.2 Å². The second kappa shape index (κ2) is 12.2. The van der Waals surface area contributed by atoms with E-state index in [9.17, 15) is 35.5 Å². The normalized spacial score (nSPS) is 19.2. The van der Waals surface area contributed by atoms with Crippen LogP contribution in [0.15, 0.2) is 42.5 Å². The van der Waals surface area contributed by atoms with E-state index in [4.69, 9.17) is 0 Å². The number of carbonyl (C=O) groups is 1. The number of alkyl halides is 6. The van der Waals surface area contributed by atoms with E-state index in [0.29, 0.717) is 18.2 Å². The zero-order valence-electron chi connectivity index (χ0n) is 21.4. The Morgan fingerprint density at radius 3 is 1.95 bits per heavy atom. The first-order chi connectivity index (χ1) is 18.4. The number of hydrogen-bond acceptors (Lipinski definition) is 3. The molecule has 1 amide bonds. The number of amides is 1. The summed E-state index contributed by atoms with van der Waals surface area (Å²) in [5.74, 6) is -1.10. The molecule has 2 saturated heterocycles. The summed E-state index contributed by atoms with van der Waals surface area (Å²) in [4.78, 5) is 17.4. The van der Waals surface area contributed by atoms with Crippen LogP contribution >= 0.6 is 0 Å². The van der Waals surface area contributed by atoms with E-state index in [-0.39, 0.29) is 24.2 Å². The highest BCUT2D eigenvalue weighted by atomic mass is 19.4. The average molecular weight is 560 g/mol. The summed E-state index contributed by atoms with van der Waals surface area (Å²) in [6.45, 7) is 3.77. The van der Waals surface area contributed by atoms with Gasteiger partial charge in [0.05, 0.1) is 23.6 Å². The molecule has 1 N–H and O–H groups in total. The van der Waals surface area contributed by atoms with Crippen molar-refractivity contribution < 1.29 is 35.5 Å². The van der Waals surface area contributed by atoms with Crippen molar-refractivity contribution in [3.8, 4) is 0 Å². The summed E-state index contributed by atoms with van der Waals surface area (Å²) in [5, 5.41) is 2.69. The van der Waals surface area contributed by atoms with E-state index in [1.54, 1.807) is 12.1 Å². The Labute approximate surface area is 223 Å². The smallest absolute Gasteiger partial charge is 0.354 e. The van der Waals surface area contributed by atoms with Gasteiger partial charge in [0.25, 0.3) is 0 Å². The molecule has 2 heterocycles. The second-order valence-electron chi connectivity index (χ2n) is 10.3. The van der Waals surface area contributed by atoms with Gasteiger partial charge >= 0.3 is 12.4 Å². The molecule has 0 bridgehead atoms. The summed E-state index contributed by atoms with van der Waals surface area (Å²) in [6.07, 6.45) is -5.09. The largest absolute Gasteiger partial charge is 0.416 e. The molecule has 0 radical (unpaired) electrons. The van der Waals surface area contributed by atoms with E-state index in [1.807, 2.05) is 0 Å². The van der Waals surface area contributed by atoms with Crippen LogP contribution in [0.5, 0.6) is 0 Å². The summed E-state index contributed by atoms with van der Waals surface area (Å²) in [6, 6.07) is 7.25. The molecule has 4 nitrogen and oxygen atoms in total. The van der Waals surface area contributed by atoms with Gasteiger partial charge in [0, 0.05) is 25.7 Å². The van der Waals surface area contributed by atoms with Crippen LogP contribution in [0.2, 0.25) is 0 Å². The maximum absolute atomic E-state index is 13.6. The summed E-state index contributed by atoms with van der Waals surface area (Å²) in [5.41, 5.74) is -2.52.